The van der Waals surface area contributed by atoms with Crippen molar-refractivity contribution in [1.29, 1.82) is 10.5 Å². The molecule has 0 radical (unpaired) electrons. The third-order valence-corrected chi connectivity index (χ3v) is 0. The van der Waals surface area contributed by atoms with E-state index in [2.05, 4.69) is 27.5 Å². The van der Waals surface area contributed by atoms with Crippen LogP contribution in [0.3, 0.4) is 0 Å². The van der Waals surface area contributed by atoms with Crippen LogP contribution >= 0.6 is 27.5 Å². The Hall–Kier alpha value is -0.250. The van der Waals surface area contributed by atoms with E-state index in [1.54, 1.807) is 4.98 Å². The van der Waals surface area contributed by atoms with Crippen molar-refractivity contribution in [1.82, 2.24) is 0 Å². The normalized spacial score (nSPS) is 2.67. The molecule has 0 N–H and O–H groups in total. The lowest BCUT2D eigenvalue weighted by molar-refractivity contribution is 1.57. The number of hydrogen-bond donors (Lipinski definition) is 0. The van der Waals surface area contributed by atoms with E-state index in [-0.39, 0.29) is 0 Å². The van der Waals surface area contributed by atoms with Crippen LogP contribution in [0, 0.1) is 21.0 Å². The Morgan fingerprint density at radius 1 is 1.50 bits per heavy atom. The van der Waals surface area contributed by atoms with Crippen LogP contribution in [0.15, 0.2) is 0 Å². The van der Waals surface area contributed by atoms with E-state index in [0.717, 1.165) is 0 Å². The average Bonchev–Trinajstić information content (AvgIpc) is 1.39. The molecular weight excluding hydrogens is 167 g/mol. The molecule has 0 aliphatic rings. The molecule has 0 saturated carbocycles. The van der Waals surface area contributed by atoms with Crippen molar-refractivity contribution >= 4 is 27.5 Å². The fourth-order valence-electron chi connectivity index (χ4n) is 0. The smallest absolute Gasteiger partial charge is 0.173 e. The van der Waals surface area contributed by atoms with E-state index in [1.165, 1.54) is 5.53 Å². The number of halogens is 2. The predicted molar refractivity (Wildman–Crippen MR) is 26.0 cm³/mol. The Bertz CT molecular complexity index is 66.5. The molecule has 0 amide bonds. The van der Waals surface area contributed by atoms with Gasteiger partial charge in [-0.15, -0.1) is 0 Å². The van der Waals surface area contributed by atoms with Gasteiger partial charge < -0.3 is 0 Å². The van der Waals surface area contributed by atoms with Crippen LogP contribution in [-0.2, 0) is 0 Å². The summed E-state index contributed by atoms with van der Waals surface area (Å²) in [5.74, 6) is 0. The number of nitriles is 2. The Kier molecular flexibility index (Phi) is 33.5. The minimum Gasteiger partial charge on any atom is -0.185 e. The summed E-state index contributed by atoms with van der Waals surface area (Å²) >= 11 is 6.76. The molecule has 32 valence electrons. The highest BCUT2D eigenvalue weighted by Gasteiger charge is 1.23. The molecule has 0 bridgehead atoms. The third kappa shape index (κ3) is 454. The van der Waals surface area contributed by atoms with E-state index in [4.69, 9.17) is 10.5 Å². The van der Waals surface area contributed by atoms with Gasteiger partial charge in [-0.1, -0.05) is 0 Å². The summed E-state index contributed by atoms with van der Waals surface area (Å²) in [6, 6.07) is 0. The highest BCUT2D eigenvalue weighted by molar-refractivity contribution is 9.12. The maximum Gasteiger partial charge on any atom is 0.173 e. The molecule has 6 heavy (non-hydrogen) atoms. The average molecular weight is 167 g/mol. The fourth-order valence-corrected chi connectivity index (χ4v) is 0. The topological polar surface area (TPSA) is 47.6 Å². The molecule has 4 heteroatoms. The Balaban J connectivity index is 0. The van der Waals surface area contributed by atoms with E-state index >= 15 is 0 Å². The second kappa shape index (κ2) is 21.8. The van der Waals surface area contributed by atoms with Gasteiger partial charge in [-0.3, -0.25) is 0 Å². The highest BCUT2D eigenvalue weighted by Crippen LogP contribution is 1.58. The van der Waals surface area contributed by atoms with E-state index < -0.39 is 0 Å². The molecule has 0 aliphatic carbocycles. The maximum absolute atomic E-state index is 7.24. The second-order valence-corrected chi connectivity index (χ2v) is 0.693. The molecule has 0 unspecified atom stereocenters. The van der Waals surface area contributed by atoms with Gasteiger partial charge in [0.1, 0.15) is 4.98 Å². The SMILES string of the molecule is N#CBr.N#CCl. The van der Waals surface area contributed by atoms with Crippen molar-refractivity contribution in [2.45, 2.75) is 0 Å². The molecule has 0 aromatic rings. The van der Waals surface area contributed by atoms with Crippen molar-refractivity contribution in [2.24, 2.45) is 0 Å². The van der Waals surface area contributed by atoms with E-state index in [0.29, 0.717) is 0 Å². The van der Waals surface area contributed by atoms with Crippen molar-refractivity contribution < 1.29 is 0 Å². The Morgan fingerprint density at radius 3 is 1.50 bits per heavy atom. The van der Waals surface area contributed by atoms with Crippen LogP contribution < -0.4 is 0 Å². The molecule has 0 aromatic heterocycles. The number of nitrogens with zero attached hydrogens (tertiary/aromatic N) is 2. The molecule has 0 heterocycles. The molecule has 0 aromatic carbocycles. The maximum atomic E-state index is 7.24. The first-order valence-corrected chi connectivity index (χ1v) is 2.00. The molecular formula is C2BrClN2. The minimum atomic E-state index is 1.22. The highest BCUT2D eigenvalue weighted by atomic mass is 79.9. The summed E-state index contributed by atoms with van der Waals surface area (Å²) in [5, 5.41) is 14.3. The third-order valence-electron chi connectivity index (χ3n) is 0. The molecule has 0 atom stereocenters. The van der Waals surface area contributed by atoms with E-state index in [9.17, 15) is 0 Å². The van der Waals surface area contributed by atoms with Crippen molar-refractivity contribution in [2.75, 3.05) is 0 Å². The van der Waals surface area contributed by atoms with Crippen LogP contribution in [0.2, 0.25) is 0 Å². The number of hydrogen-bond acceptors (Lipinski definition) is 2. The Labute approximate surface area is 49.1 Å². The first kappa shape index (κ1) is 9.23. The van der Waals surface area contributed by atoms with Gasteiger partial charge in [0.2, 0.25) is 0 Å². The van der Waals surface area contributed by atoms with Crippen LogP contribution in [0.1, 0.15) is 0 Å². The lowest BCUT2D eigenvalue weighted by Gasteiger charge is -1.10. The molecule has 0 rings (SSSR count). The lowest BCUT2D eigenvalue weighted by Crippen LogP contribution is -0.952. The van der Waals surface area contributed by atoms with Gasteiger partial charge in [0.15, 0.2) is 5.53 Å². The van der Waals surface area contributed by atoms with Crippen LogP contribution in [0.5, 0.6) is 0 Å². The van der Waals surface area contributed by atoms with Crippen LogP contribution in [-0.4, -0.2) is 0 Å². The molecule has 0 aliphatic heterocycles. The van der Waals surface area contributed by atoms with Gasteiger partial charge in [-0.05, 0) is 0 Å². The standard InChI is InChI=1S/CBrN.CClN/c2*2-1-3. The van der Waals surface area contributed by atoms with Crippen LogP contribution in [0.25, 0.3) is 0 Å². The van der Waals surface area contributed by atoms with Gasteiger partial charge in [0.25, 0.3) is 0 Å². The summed E-state index contributed by atoms with van der Waals surface area (Å²) in [5.41, 5.74) is 1.22. The van der Waals surface area contributed by atoms with Gasteiger partial charge >= 0.3 is 0 Å². The molecule has 0 saturated heterocycles. The summed E-state index contributed by atoms with van der Waals surface area (Å²) < 4.78 is 0. The Morgan fingerprint density at radius 2 is 1.50 bits per heavy atom. The van der Waals surface area contributed by atoms with Crippen molar-refractivity contribution in [3.05, 3.63) is 0 Å². The zero-order valence-corrected chi connectivity index (χ0v) is 4.99. The quantitative estimate of drug-likeness (QED) is 0.550. The zero-order valence-electron chi connectivity index (χ0n) is 2.65. The minimum absolute atomic E-state index is 1.22. The molecule has 0 fully saturated rings. The number of rotatable bonds is 0. The van der Waals surface area contributed by atoms with Gasteiger partial charge in [0.05, 0.1) is 0 Å². The summed E-state index contributed by atoms with van der Waals surface area (Å²) in [4.78, 5) is 1.56. The first-order valence-electron chi connectivity index (χ1n) is 0.825. The molecule has 2 nitrogen and oxygen atoms in total. The second-order valence-electron chi connectivity index (χ2n) is 0.169. The predicted octanol–water partition coefficient (Wildman–Crippen LogP) is 1.57. The zero-order chi connectivity index (χ0) is 5.41. The summed E-state index contributed by atoms with van der Waals surface area (Å²) in [6.07, 6.45) is 0. The lowest BCUT2D eigenvalue weighted by atomic mass is 11.8. The monoisotopic (exact) mass is 166 g/mol. The van der Waals surface area contributed by atoms with Gasteiger partial charge in [0, 0.05) is 27.5 Å². The first-order chi connectivity index (χ1) is 2.83. The van der Waals surface area contributed by atoms with Gasteiger partial charge in [-0.2, -0.15) is 10.5 Å². The van der Waals surface area contributed by atoms with Crippen molar-refractivity contribution in [3.63, 3.8) is 0 Å². The largest absolute Gasteiger partial charge is 0.185 e. The molecule has 0 spiro atoms. The van der Waals surface area contributed by atoms with Crippen LogP contribution in [0.4, 0.5) is 0 Å². The van der Waals surface area contributed by atoms with E-state index in [1.807, 2.05) is 0 Å². The van der Waals surface area contributed by atoms with Crippen molar-refractivity contribution in [3.8, 4) is 10.5 Å². The fraction of sp³-hybridized carbons (Fsp3) is 0. The summed E-state index contributed by atoms with van der Waals surface area (Å²) in [7, 11) is 0. The summed E-state index contributed by atoms with van der Waals surface area (Å²) in [6.45, 7) is 0. The van der Waals surface area contributed by atoms with Gasteiger partial charge in [-0.25, -0.2) is 0 Å².